The molecule has 0 aromatic rings. The molecule has 1 heterocycles. The minimum absolute atomic E-state index is 0.0664. The number of hydrogen-bond acceptors (Lipinski definition) is 4. The molecule has 1 atom stereocenters. The predicted molar refractivity (Wildman–Crippen MR) is 78.3 cm³/mol. The number of carbonyl (C=O) groups is 2. The zero-order chi connectivity index (χ0) is 15.2. The van der Waals surface area contributed by atoms with Gasteiger partial charge in [-0.1, -0.05) is 0 Å². The molecule has 0 aromatic heterocycles. The lowest BCUT2D eigenvalue weighted by molar-refractivity contribution is -0.156. The van der Waals surface area contributed by atoms with Gasteiger partial charge in [0.1, 0.15) is 5.60 Å². The number of carbonyl (C=O) groups excluding carboxylic acids is 2. The van der Waals surface area contributed by atoms with E-state index in [9.17, 15) is 9.59 Å². The number of nitrogens with zero attached hydrogens (tertiary/aromatic N) is 1. The summed E-state index contributed by atoms with van der Waals surface area (Å²) < 4.78 is 5.22. The minimum atomic E-state index is -0.483. The molecule has 5 heteroatoms. The van der Waals surface area contributed by atoms with Crippen molar-refractivity contribution in [2.45, 2.75) is 52.1 Å². The number of hydrogen-bond donors (Lipinski definition) is 1. The van der Waals surface area contributed by atoms with Crippen LogP contribution in [0.1, 0.15) is 46.5 Å². The van der Waals surface area contributed by atoms with Crippen LogP contribution in [0.15, 0.2) is 0 Å². The van der Waals surface area contributed by atoms with E-state index in [1.807, 2.05) is 32.7 Å². The second-order valence-corrected chi connectivity index (χ2v) is 6.49. The van der Waals surface area contributed by atoms with E-state index in [1.165, 1.54) is 0 Å². The Kier molecular flexibility index (Phi) is 6.46. The number of esters is 1. The van der Waals surface area contributed by atoms with Crippen molar-refractivity contribution >= 4 is 11.9 Å². The Hall–Kier alpha value is -1.10. The Labute approximate surface area is 122 Å². The highest BCUT2D eigenvalue weighted by Crippen LogP contribution is 2.17. The van der Waals surface area contributed by atoms with Gasteiger partial charge in [0.15, 0.2) is 0 Å². The first-order chi connectivity index (χ1) is 9.31. The van der Waals surface area contributed by atoms with Gasteiger partial charge in [-0.05, 0) is 53.1 Å². The van der Waals surface area contributed by atoms with Crippen LogP contribution in [0, 0.1) is 5.92 Å². The molecule has 1 N–H and O–H groups in total. The van der Waals surface area contributed by atoms with E-state index in [1.54, 1.807) is 0 Å². The van der Waals surface area contributed by atoms with Crippen LogP contribution in [0.25, 0.3) is 0 Å². The Bertz CT molecular complexity index is 335. The number of ether oxygens (including phenoxy) is 1. The molecule has 1 unspecified atom stereocenters. The monoisotopic (exact) mass is 284 g/mol. The van der Waals surface area contributed by atoms with Crippen molar-refractivity contribution in [3.8, 4) is 0 Å². The SMILES string of the molecule is CNCC1CCCN(C(=O)CCC(=O)OC(C)(C)C)C1. The Morgan fingerprint density at radius 2 is 2.00 bits per heavy atom. The number of piperidine rings is 1. The molecule has 1 saturated heterocycles. The molecule has 1 amide bonds. The molecule has 0 spiro atoms. The largest absolute Gasteiger partial charge is 0.460 e. The van der Waals surface area contributed by atoms with Crippen LogP contribution in [0.5, 0.6) is 0 Å². The molecule has 0 bridgehead atoms. The summed E-state index contributed by atoms with van der Waals surface area (Å²) in [6, 6.07) is 0. The predicted octanol–water partition coefficient (Wildman–Crippen LogP) is 1.57. The molecule has 0 radical (unpaired) electrons. The highest BCUT2D eigenvalue weighted by atomic mass is 16.6. The van der Waals surface area contributed by atoms with Gasteiger partial charge in [0, 0.05) is 19.5 Å². The first-order valence-electron chi connectivity index (χ1n) is 7.46. The number of amides is 1. The molecule has 20 heavy (non-hydrogen) atoms. The summed E-state index contributed by atoms with van der Waals surface area (Å²) in [7, 11) is 1.93. The third-order valence-electron chi connectivity index (χ3n) is 3.33. The summed E-state index contributed by atoms with van der Waals surface area (Å²) in [5, 5.41) is 3.16. The van der Waals surface area contributed by atoms with Gasteiger partial charge in [-0.15, -0.1) is 0 Å². The van der Waals surface area contributed by atoms with E-state index in [4.69, 9.17) is 4.74 Å². The normalized spacial score (nSPS) is 19.8. The average Bonchev–Trinajstić information content (AvgIpc) is 2.34. The lowest BCUT2D eigenvalue weighted by atomic mass is 9.97. The summed E-state index contributed by atoms with van der Waals surface area (Å²) in [6.45, 7) is 8.05. The van der Waals surface area contributed by atoms with Gasteiger partial charge in [0.2, 0.25) is 5.91 Å². The third kappa shape index (κ3) is 6.37. The minimum Gasteiger partial charge on any atom is -0.460 e. The van der Waals surface area contributed by atoms with Gasteiger partial charge >= 0.3 is 5.97 Å². The molecule has 1 aliphatic heterocycles. The Balaban J connectivity index is 2.33. The van der Waals surface area contributed by atoms with Crippen LogP contribution < -0.4 is 5.32 Å². The highest BCUT2D eigenvalue weighted by Gasteiger charge is 2.24. The molecular formula is C15H28N2O3. The number of likely N-dealkylation sites (tertiary alicyclic amines) is 1. The third-order valence-corrected chi connectivity index (χ3v) is 3.33. The van der Waals surface area contributed by atoms with Crippen LogP contribution in [-0.2, 0) is 14.3 Å². The lowest BCUT2D eigenvalue weighted by Gasteiger charge is -2.32. The van der Waals surface area contributed by atoms with Crippen molar-refractivity contribution in [3.63, 3.8) is 0 Å². The van der Waals surface area contributed by atoms with Gasteiger partial charge in [0.25, 0.3) is 0 Å². The number of rotatable bonds is 5. The van der Waals surface area contributed by atoms with Crippen molar-refractivity contribution in [2.24, 2.45) is 5.92 Å². The molecule has 1 rings (SSSR count). The van der Waals surface area contributed by atoms with Crippen molar-refractivity contribution in [1.29, 1.82) is 0 Å². The quantitative estimate of drug-likeness (QED) is 0.779. The second kappa shape index (κ2) is 7.62. The summed E-state index contributed by atoms with van der Waals surface area (Å²) in [4.78, 5) is 25.6. The van der Waals surface area contributed by atoms with Crippen LogP contribution in [-0.4, -0.2) is 49.1 Å². The van der Waals surface area contributed by atoms with Gasteiger partial charge in [-0.2, -0.15) is 0 Å². The maximum absolute atomic E-state index is 12.1. The summed E-state index contributed by atoms with van der Waals surface area (Å²) in [5.41, 5.74) is -0.483. The van der Waals surface area contributed by atoms with Gasteiger partial charge in [0.05, 0.1) is 6.42 Å². The summed E-state index contributed by atoms with van der Waals surface area (Å²) in [5.74, 6) is 0.297. The van der Waals surface area contributed by atoms with Crippen molar-refractivity contribution in [2.75, 3.05) is 26.7 Å². The molecule has 5 nitrogen and oxygen atoms in total. The van der Waals surface area contributed by atoms with E-state index in [2.05, 4.69) is 5.32 Å². The van der Waals surface area contributed by atoms with E-state index in [0.717, 1.165) is 32.5 Å². The zero-order valence-electron chi connectivity index (χ0n) is 13.2. The lowest BCUT2D eigenvalue weighted by Crippen LogP contribution is -2.42. The van der Waals surface area contributed by atoms with Crippen molar-refractivity contribution in [3.05, 3.63) is 0 Å². The molecule has 116 valence electrons. The summed E-state index contributed by atoms with van der Waals surface area (Å²) in [6.07, 6.45) is 2.63. The van der Waals surface area contributed by atoms with Crippen LogP contribution >= 0.6 is 0 Å². The first-order valence-corrected chi connectivity index (χ1v) is 7.46. The summed E-state index contributed by atoms with van der Waals surface area (Å²) >= 11 is 0. The maximum atomic E-state index is 12.1. The standard InChI is InChI=1S/C15H28N2O3/c1-15(2,3)20-14(19)8-7-13(18)17-9-5-6-12(11-17)10-16-4/h12,16H,5-11H2,1-4H3. The molecule has 0 aliphatic carbocycles. The molecule has 0 saturated carbocycles. The van der Waals surface area contributed by atoms with Crippen LogP contribution in [0.4, 0.5) is 0 Å². The van der Waals surface area contributed by atoms with E-state index in [-0.39, 0.29) is 24.7 Å². The van der Waals surface area contributed by atoms with Crippen molar-refractivity contribution in [1.82, 2.24) is 10.2 Å². The second-order valence-electron chi connectivity index (χ2n) is 6.49. The maximum Gasteiger partial charge on any atom is 0.306 e. The van der Waals surface area contributed by atoms with E-state index in [0.29, 0.717) is 5.92 Å². The van der Waals surface area contributed by atoms with Crippen molar-refractivity contribution < 1.29 is 14.3 Å². The fourth-order valence-electron chi connectivity index (χ4n) is 2.51. The van der Waals surface area contributed by atoms with Crippen LogP contribution in [0.2, 0.25) is 0 Å². The fraction of sp³-hybridized carbons (Fsp3) is 0.867. The zero-order valence-corrected chi connectivity index (χ0v) is 13.2. The average molecular weight is 284 g/mol. The Morgan fingerprint density at radius 1 is 1.30 bits per heavy atom. The van der Waals surface area contributed by atoms with Crippen LogP contribution in [0.3, 0.4) is 0 Å². The smallest absolute Gasteiger partial charge is 0.306 e. The van der Waals surface area contributed by atoms with Gasteiger partial charge in [-0.25, -0.2) is 0 Å². The van der Waals surface area contributed by atoms with Gasteiger partial charge in [-0.3, -0.25) is 9.59 Å². The van der Waals surface area contributed by atoms with E-state index < -0.39 is 5.60 Å². The molecular weight excluding hydrogens is 256 g/mol. The number of nitrogens with one attached hydrogen (secondary N) is 1. The topological polar surface area (TPSA) is 58.6 Å². The molecule has 1 aliphatic rings. The highest BCUT2D eigenvalue weighted by molar-refractivity contribution is 5.81. The molecule has 0 aromatic carbocycles. The molecule has 1 fully saturated rings. The fourth-order valence-corrected chi connectivity index (χ4v) is 2.51. The Morgan fingerprint density at radius 3 is 2.60 bits per heavy atom. The van der Waals surface area contributed by atoms with E-state index >= 15 is 0 Å². The van der Waals surface area contributed by atoms with Gasteiger partial charge < -0.3 is 15.0 Å². The first kappa shape index (κ1) is 17.0.